The summed E-state index contributed by atoms with van der Waals surface area (Å²) < 4.78 is 5.82. The largest absolute Gasteiger partial charge is 0.383 e. The van der Waals surface area contributed by atoms with Crippen molar-refractivity contribution in [3.05, 3.63) is 33.3 Å². The lowest BCUT2D eigenvalue weighted by atomic mass is 10.1. The minimum atomic E-state index is -0.0756. The molecule has 0 N–H and O–H groups in total. The molecule has 1 unspecified atom stereocenters. The Morgan fingerprint density at radius 1 is 1.56 bits per heavy atom. The normalized spacial score (nSPS) is 12.3. The van der Waals surface area contributed by atoms with Gasteiger partial charge in [-0.25, -0.2) is 0 Å². The van der Waals surface area contributed by atoms with Crippen molar-refractivity contribution in [3.63, 3.8) is 0 Å². The number of ether oxygens (including phenoxy) is 1. The standard InChI is InChI=1S/C13H17BrClNO2/c1-4-16(9(2)8-18-3)13(17)10-6-5-7-11(14)12(10)15/h5-7,9H,4,8H2,1-3H3. The van der Waals surface area contributed by atoms with Crippen LogP contribution >= 0.6 is 27.5 Å². The van der Waals surface area contributed by atoms with Gasteiger partial charge in [-0.1, -0.05) is 17.7 Å². The quantitative estimate of drug-likeness (QED) is 0.823. The Balaban J connectivity index is 3.00. The number of hydrogen-bond acceptors (Lipinski definition) is 2. The number of carbonyl (C=O) groups is 1. The molecule has 0 aliphatic carbocycles. The van der Waals surface area contributed by atoms with Crippen molar-refractivity contribution >= 4 is 33.4 Å². The van der Waals surface area contributed by atoms with Gasteiger partial charge in [0.2, 0.25) is 0 Å². The van der Waals surface area contributed by atoms with Crippen LogP contribution in [0.1, 0.15) is 24.2 Å². The van der Waals surface area contributed by atoms with Gasteiger partial charge in [-0.05, 0) is 41.9 Å². The monoisotopic (exact) mass is 333 g/mol. The first-order chi connectivity index (χ1) is 8.52. The zero-order valence-electron chi connectivity index (χ0n) is 10.7. The highest BCUT2D eigenvalue weighted by molar-refractivity contribution is 9.10. The Kier molecular flexibility index (Phi) is 6.12. The van der Waals surface area contributed by atoms with E-state index in [1.807, 2.05) is 19.9 Å². The minimum Gasteiger partial charge on any atom is -0.383 e. The van der Waals surface area contributed by atoms with E-state index in [4.69, 9.17) is 16.3 Å². The Hall–Kier alpha value is -0.580. The molecule has 0 spiro atoms. The van der Waals surface area contributed by atoms with E-state index in [0.29, 0.717) is 23.7 Å². The average molecular weight is 335 g/mol. The van der Waals surface area contributed by atoms with E-state index in [-0.39, 0.29) is 11.9 Å². The highest BCUT2D eigenvalue weighted by atomic mass is 79.9. The number of hydrogen-bond donors (Lipinski definition) is 0. The molecule has 5 heteroatoms. The molecule has 18 heavy (non-hydrogen) atoms. The number of rotatable bonds is 5. The first-order valence-electron chi connectivity index (χ1n) is 5.76. The van der Waals surface area contributed by atoms with Gasteiger partial charge >= 0.3 is 0 Å². The number of likely N-dealkylation sites (N-methyl/N-ethyl adjacent to an activating group) is 1. The molecule has 0 saturated heterocycles. The zero-order valence-corrected chi connectivity index (χ0v) is 13.1. The molecule has 0 bridgehead atoms. The highest BCUT2D eigenvalue weighted by Gasteiger charge is 2.22. The third-order valence-corrected chi connectivity index (χ3v) is 4.02. The van der Waals surface area contributed by atoms with Crippen LogP contribution in [-0.4, -0.2) is 37.1 Å². The summed E-state index contributed by atoms with van der Waals surface area (Å²) in [5.74, 6) is -0.0756. The topological polar surface area (TPSA) is 29.5 Å². The van der Waals surface area contributed by atoms with Crippen LogP contribution in [0.2, 0.25) is 5.02 Å². The first-order valence-corrected chi connectivity index (χ1v) is 6.93. The predicted octanol–water partition coefficient (Wildman–Crippen LogP) is 3.60. The summed E-state index contributed by atoms with van der Waals surface area (Å²) in [5.41, 5.74) is 0.510. The summed E-state index contributed by atoms with van der Waals surface area (Å²) in [6.45, 7) is 5.02. The fourth-order valence-corrected chi connectivity index (χ4v) is 2.38. The van der Waals surface area contributed by atoms with Gasteiger partial charge in [0.05, 0.1) is 23.2 Å². The van der Waals surface area contributed by atoms with Crippen molar-refractivity contribution in [1.82, 2.24) is 4.90 Å². The molecule has 1 atom stereocenters. The van der Waals surface area contributed by atoms with E-state index in [9.17, 15) is 4.79 Å². The van der Waals surface area contributed by atoms with Gasteiger partial charge < -0.3 is 9.64 Å². The maximum absolute atomic E-state index is 12.4. The van der Waals surface area contributed by atoms with E-state index in [1.165, 1.54) is 0 Å². The molecule has 0 aliphatic rings. The fraction of sp³-hybridized carbons (Fsp3) is 0.462. The second kappa shape index (κ2) is 7.12. The summed E-state index contributed by atoms with van der Waals surface area (Å²) >= 11 is 9.47. The van der Waals surface area contributed by atoms with E-state index >= 15 is 0 Å². The molecule has 100 valence electrons. The average Bonchev–Trinajstić information content (AvgIpc) is 2.33. The number of halogens is 2. The van der Waals surface area contributed by atoms with Gasteiger partial charge in [0.1, 0.15) is 0 Å². The molecule has 1 rings (SSSR count). The molecule has 0 radical (unpaired) electrons. The summed E-state index contributed by atoms with van der Waals surface area (Å²) in [6, 6.07) is 5.37. The lowest BCUT2D eigenvalue weighted by Crippen LogP contribution is -2.41. The Bertz CT molecular complexity index is 425. The van der Waals surface area contributed by atoms with Crippen LogP contribution in [0.5, 0.6) is 0 Å². The number of amides is 1. The second-order valence-corrected chi connectivity index (χ2v) is 5.23. The Morgan fingerprint density at radius 3 is 2.78 bits per heavy atom. The lowest BCUT2D eigenvalue weighted by molar-refractivity contribution is 0.0579. The SMILES string of the molecule is CCN(C(=O)c1cccc(Br)c1Cl)C(C)COC. The summed E-state index contributed by atoms with van der Waals surface area (Å²) in [5, 5.41) is 0.450. The van der Waals surface area contributed by atoms with Gasteiger partial charge in [0.25, 0.3) is 5.91 Å². The van der Waals surface area contributed by atoms with Gasteiger partial charge in [-0.2, -0.15) is 0 Å². The van der Waals surface area contributed by atoms with Crippen LogP contribution in [0.25, 0.3) is 0 Å². The maximum Gasteiger partial charge on any atom is 0.255 e. The van der Waals surface area contributed by atoms with Gasteiger partial charge in [-0.3, -0.25) is 4.79 Å². The van der Waals surface area contributed by atoms with Crippen molar-refractivity contribution in [3.8, 4) is 0 Å². The minimum absolute atomic E-state index is 0.0162. The van der Waals surface area contributed by atoms with Crippen LogP contribution in [-0.2, 0) is 4.74 Å². The molecule has 1 aromatic carbocycles. The van der Waals surface area contributed by atoms with E-state index < -0.39 is 0 Å². The number of methoxy groups -OCH3 is 1. The maximum atomic E-state index is 12.4. The summed E-state index contributed by atoms with van der Waals surface area (Å²) in [7, 11) is 1.63. The molecule has 1 aromatic rings. The molecule has 0 fully saturated rings. The number of benzene rings is 1. The second-order valence-electron chi connectivity index (χ2n) is 4.00. The van der Waals surface area contributed by atoms with Crippen molar-refractivity contribution in [2.45, 2.75) is 19.9 Å². The zero-order chi connectivity index (χ0) is 13.7. The van der Waals surface area contributed by atoms with Gasteiger partial charge in [0, 0.05) is 18.1 Å². The van der Waals surface area contributed by atoms with E-state index in [0.717, 1.165) is 4.47 Å². The molecule has 0 aliphatic heterocycles. The highest BCUT2D eigenvalue weighted by Crippen LogP contribution is 2.27. The van der Waals surface area contributed by atoms with Crippen LogP contribution in [0.4, 0.5) is 0 Å². The van der Waals surface area contributed by atoms with E-state index in [2.05, 4.69) is 15.9 Å². The van der Waals surface area contributed by atoms with Crippen LogP contribution in [0, 0.1) is 0 Å². The van der Waals surface area contributed by atoms with Crippen LogP contribution < -0.4 is 0 Å². The van der Waals surface area contributed by atoms with Crippen molar-refractivity contribution in [2.24, 2.45) is 0 Å². The van der Waals surface area contributed by atoms with Crippen LogP contribution in [0.3, 0.4) is 0 Å². The van der Waals surface area contributed by atoms with E-state index in [1.54, 1.807) is 24.1 Å². The summed E-state index contributed by atoms with van der Waals surface area (Å²) in [4.78, 5) is 14.2. The van der Waals surface area contributed by atoms with Gasteiger partial charge in [0.15, 0.2) is 0 Å². The predicted molar refractivity (Wildman–Crippen MR) is 77.2 cm³/mol. The van der Waals surface area contributed by atoms with Crippen molar-refractivity contribution in [1.29, 1.82) is 0 Å². The molecule has 0 heterocycles. The lowest BCUT2D eigenvalue weighted by Gasteiger charge is -2.28. The number of nitrogens with zero attached hydrogens (tertiary/aromatic N) is 1. The molecule has 1 amide bonds. The smallest absolute Gasteiger partial charge is 0.255 e. The van der Waals surface area contributed by atoms with Crippen molar-refractivity contribution < 1.29 is 9.53 Å². The third kappa shape index (κ3) is 3.46. The molecule has 0 saturated carbocycles. The Morgan fingerprint density at radius 2 is 2.22 bits per heavy atom. The Labute approximate surface area is 121 Å². The third-order valence-electron chi connectivity index (χ3n) is 2.72. The molecule has 0 aromatic heterocycles. The van der Waals surface area contributed by atoms with Gasteiger partial charge in [-0.15, -0.1) is 0 Å². The molecular weight excluding hydrogens is 318 g/mol. The van der Waals surface area contributed by atoms with Crippen molar-refractivity contribution in [2.75, 3.05) is 20.3 Å². The van der Waals surface area contributed by atoms with Crippen LogP contribution in [0.15, 0.2) is 22.7 Å². The fourth-order valence-electron chi connectivity index (χ4n) is 1.81. The number of carbonyl (C=O) groups excluding carboxylic acids is 1. The molecule has 3 nitrogen and oxygen atoms in total. The molecular formula is C13H17BrClNO2. The summed E-state index contributed by atoms with van der Waals surface area (Å²) in [6.07, 6.45) is 0. The first kappa shape index (κ1) is 15.5.